The molecule has 0 radical (unpaired) electrons. The summed E-state index contributed by atoms with van der Waals surface area (Å²) in [7, 11) is 0. The first-order chi connectivity index (χ1) is 54.3. The van der Waals surface area contributed by atoms with Gasteiger partial charge in [-0.05, 0) is 198 Å². The molecule has 7 aromatic carbocycles. The molecule has 0 atom stereocenters. The Labute approximate surface area is 745 Å². The zero-order chi connectivity index (χ0) is 94.3. The van der Waals surface area contributed by atoms with E-state index in [2.05, 4.69) is 264 Å². The number of ether oxygens (including phenoxy) is 2. The van der Waals surface area contributed by atoms with Crippen LogP contribution < -0.4 is 9.47 Å². The minimum atomic E-state index is -4.25. The van der Waals surface area contributed by atoms with E-state index in [9.17, 15) is 43.9 Å². The Balaban J connectivity index is 0. The molecule has 2 heterocycles. The molecular formula is C108H160F10N2O2S. The first-order valence-electron chi connectivity index (χ1n) is 42.2. The van der Waals surface area contributed by atoms with Crippen molar-refractivity contribution in [2.24, 2.45) is 0 Å². The largest absolute Gasteiger partial charge is 0.491 e. The number of hydrogen-bond donors (Lipinski definition) is 0. The second-order valence-corrected chi connectivity index (χ2v) is 43.4. The maximum absolute atomic E-state index is 13.2. The minimum absolute atomic E-state index is 0. The van der Waals surface area contributed by atoms with Gasteiger partial charge in [-0.1, -0.05) is 359 Å². The Morgan fingerprint density at radius 1 is 0.341 bits per heavy atom. The minimum Gasteiger partial charge on any atom is -0.491 e. The van der Waals surface area contributed by atoms with E-state index in [1.54, 1.807) is 18.2 Å². The molecule has 0 saturated carbocycles. The normalized spacial score (nSPS) is 12.3. The van der Waals surface area contributed by atoms with Crippen LogP contribution in [-0.2, 0) is 78.6 Å². The lowest BCUT2D eigenvalue weighted by atomic mass is 9.81. The highest BCUT2D eigenvalue weighted by Gasteiger charge is 2.33. The highest BCUT2D eigenvalue weighted by atomic mass is 32.1. The summed E-state index contributed by atoms with van der Waals surface area (Å²) in [6.07, 6.45) is -2.87. The van der Waals surface area contributed by atoms with E-state index in [-0.39, 0.29) is 91.3 Å². The molecule has 15 heteroatoms. The Morgan fingerprint density at radius 3 is 1.01 bits per heavy atom. The van der Waals surface area contributed by atoms with Crippen molar-refractivity contribution < 1.29 is 53.4 Å². The number of thiazole rings is 1. The summed E-state index contributed by atoms with van der Waals surface area (Å²) < 4.78 is 137. The summed E-state index contributed by atoms with van der Waals surface area (Å²) >= 11 is 1.09. The van der Waals surface area contributed by atoms with Crippen molar-refractivity contribution in [2.45, 2.75) is 382 Å². The smallest absolute Gasteiger partial charge is 0.416 e. The molecule has 0 bridgehead atoms. The van der Waals surface area contributed by atoms with E-state index < -0.39 is 35.5 Å². The Kier molecular flexibility index (Phi) is 45.0. The van der Waals surface area contributed by atoms with Gasteiger partial charge in [-0.15, -0.1) is 11.3 Å². The van der Waals surface area contributed by atoms with Crippen molar-refractivity contribution in [3.05, 3.63) is 282 Å². The third kappa shape index (κ3) is 46.3. The van der Waals surface area contributed by atoms with Crippen LogP contribution in [-0.4, -0.2) is 22.2 Å². The van der Waals surface area contributed by atoms with Crippen molar-refractivity contribution in [2.75, 3.05) is 0 Å². The van der Waals surface area contributed by atoms with Gasteiger partial charge in [0.15, 0.2) is 0 Å². The van der Waals surface area contributed by atoms with E-state index in [1.807, 2.05) is 121 Å². The van der Waals surface area contributed by atoms with E-state index in [0.717, 1.165) is 72.7 Å². The fourth-order valence-electron chi connectivity index (χ4n) is 10.8. The molecular weight excluding hydrogens is 1580 g/mol. The number of aromatic nitrogens is 2. The van der Waals surface area contributed by atoms with E-state index in [1.165, 1.54) is 81.0 Å². The molecule has 2 aromatic heterocycles. The summed E-state index contributed by atoms with van der Waals surface area (Å²) in [5.74, 6) is -4.58. The van der Waals surface area contributed by atoms with Crippen molar-refractivity contribution >= 4 is 11.3 Å². The predicted octanol–water partition coefficient (Wildman–Crippen LogP) is 35.4. The Bertz CT molecular complexity index is 4350. The van der Waals surface area contributed by atoms with Crippen molar-refractivity contribution in [1.29, 1.82) is 0 Å². The predicted molar refractivity (Wildman–Crippen MR) is 511 cm³/mol. The fourth-order valence-corrected chi connectivity index (χ4v) is 11.7. The van der Waals surface area contributed by atoms with Gasteiger partial charge < -0.3 is 9.47 Å². The second kappa shape index (κ2) is 47.1. The summed E-state index contributed by atoms with van der Waals surface area (Å²) in [5, 5.41) is 0.754. The van der Waals surface area contributed by atoms with Crippen LogP contribution >= 0.6 is 11.3 Å². The Hall–Kier alpha value is -7.78. The zero-order valence-electron chi connectivity index (χ0n) is 81.2. The number of pyridine rings is 1. The molecule has 9 aromatic rings. The van der Waals surface area contributed by atoms with Gasteiger partial charge in [0, 0.05) is 55.3 Å². The average molecular weight is 1740 g/mol. The average Bonchev–Trinajstić information content (AvgIpc) is 1.80. The molecule has 0 aliphatic rings. The molecule has 690 valence electrons. The Morgan fingerprint density at radius 2 is 0.683 bits per heavy atom. The number of benzene rings is 7. The topological polar surface area (TPSA) is 44.2 Å². The summed E-state index contributed by atoms with van der Waals surface area (Å²) in [5.41, 5.74) is 14.4. The van der Waals surface area contributed by atoms with E-state index in [4.69, 9.17) is 4.74 Å². The van der Waals surface area contributed by atoms with Gasteiger partial charge in [-0.2, -0.15) is 22.0 Å². The van der Waals surface area contributed by atoms with Gasteiger partial charge in [0.05, 0.1) is 21.6 Å². The molecule has 0 aliphatic heterocycles. The number of nitrogens with zero attached hydrogens (tertiary/aromatic N) is 2. The van der Waals surface area contributed by atoms with Crippen molar-refractivity contribution in [1.82, 2.24) is 9.97 Å². The summed E-state index contributed by atoms with van der Waals surface area (Å²) in [4.78, 5) is 8.34. The molecule has 0 fully saturated rings. The van der Waals surface area contributed by atoms with Crippen LogP contribution in [0, 0.1) is 12.7 Å². The van der Waals surface area contributed by atoms with Crippen LogP contribution in [0.25, 0.3) is 0 Å². The van der Waals surface area contributed by atoms with E-state index >= 15 is 0 Å². The van der Waals surface area contributed by atoms with Gasteiger partial charge in [0.25, 0.3) is 11.8 Å². The molecule has 0 unspecified atom stereocenters. The highest BCUT2D eigenvalue weighted by Crippen LogP contribution is 2.39. The molecule has 123 heavy (non-hydrogen) atoms. The lowest BCUT2D eigenvalue weighted by molar-refractivity contribution is -0.159. The summed E-state index contributed by atoms with van der Waals surface area (Å²) in [6, 6.07) is 55.0. The number of rotatable bonds is 8. The van der Waals surface area contributed by atoms with Crippen molar-refractivity contribution in [3.8, 4) is 11.5 Å². The lowest BCUT2D eigenvalue weighted by Gasteiger charge is -2.24. The fraction of sp³-hybridized carbons (Fsp3) is 0.537. The molecule has 9 rings (SSSR count). The molecule has 0 amide bonds. The third-order valence-corrected chi connectivity index (χ3v) is 20.5. The summed E-state index contributed by atoms with van der Waals surface area (Å²) in [6.45, 7) is 78.7. The SMILES string of the molecule is C.C.CC(C)(C)c1cc(F)cc(C(C)(F)F)c1.CC(C)(C)c1cccc(C(C)(C)C)c1.CC(C)(C)c1cccc(C(F)(F)F)c1.CC(C)(C)c1ncc(C(C)(F)F)s1.CC(C)Oc1cccc(C(C)(C)C)c1.CC(C)c1cccc(C(C)(C)C)c1.CC(F)(F)Oc1cccc(C(C)(C)C)c1.CCc1cccc(C(C)(C)C)c1.Cc1ccnc(C(C)(C)C)c1. The molecule has 0 saturated heterocycles. The van der Waals surface area contributed by atoms with Gasteiger partial charge in [-0.25, -0.2) is 26.9 Å². The van der Waals surface area contributed by atoms with Crippen LogP contribution in [0.1, 0.15) is 372 Å². The van der Waals surface area contributed by atoms with Crippen LogP contribution in [0.5, 0.6) is 11.5 Å². The number of alkyl halides is 9. The monoisotopic (exact) mass is 1740 g/mol. The van der Waals surface area contributed by atoms with Crippen LogP contribution in [0.2, 0.25) is 0 Å². The van der Waals surface area contributed by atoms with Crippen LogP contribution in [0.15, 0.2) is 188 Å². The standard InChI is InChI=1S/C14H22.C13H20O.C13H20.C12H15F3.C12H16F2O.C12H18.C11H13F3.C10H15N.C9H13F2NS.2CH4/c1-13(2,3)11-8-7-9-12(10-11)14(4,5)6;1-10(2)14-12-8-6-7-11(9-12)13(3,4)5;1-10(2)11-7-6-8-12(9-11)13(3,4)5;1-11(2,3)8-5-9(12(4,14)15)7-10(13)6-8;1-11(2,3)9-6-5-7-10(8-9)15-12(4,13)14;1-5-10-7-6-8-11(9-10)12(2,3)4;1-10(2,3)8-5-4-6-9(7-8)11(12,13)14;1-8-5-6-11-9(7-8)10(2,3)4;1-8(2,3)7-12-5-6(13-7)9(4,10)11;;/h7-10H,1-6H3;6-10H,1-5H3;6-10H,1-5H3;5-7H,1-4H3;5-8H,1-4H3;6-9H,5H2,1-4H3;4-7H,1-3H3;5-7H,1-4H3;5H,1-4H3;2*1H4. The number of hydrogen-bond acceptors (Lipinski definition) is 5. The zero-order valence-corrected chi connectivity index (χ0v) is 82.0. The molecule has 0 N–H and O–H groups in total. The van der Waals surface area contributed by atoms with Gasteiger partial charge in [0.1, 0.15) is 17.3 Å². The number of aryl methyl sites for hydroxylation is 2. The third-order valence-electron chi connectivity index (χ3n) is 18.9. The van der Waals surface area contributed by atoms with Crippen molar-refractivity contribution in [3.63, 3.8) is 0 Å². The van der Waals surface area contributed by atoms with Gasteiger partial charge in [0.2, 0.25) is 0 Å². The highest BCUT2D eigenvalue weighted by molar-refractivity contribution is 7.11. The first kappa shape index (κ1) is 117. The number of halogens is 10. The van der Waals surface area contributed by atoms with Crippen LogP contribution in [0.3, 0.4) is 0 Å². The molecule has 0 aliphatic carbocycles. The first-order valence-corrected chi connectivity index (χ1v) is 43.0. The molecule has 4 nitrogen and oxygen atoms in total. The quantitative estimate of drug-likeness (QED) is 0.142. The van der Waals surface area contributed by atoms with Gasteiger partial charge >= 0.3 is 12.3 Å². The second-order valence-electron chi connectivity index (χ2n) is 42.4. The maximum Gasteiger partial charge on any atom is 0.416 e. The molecule has 0 spiro atoms. The maximum atomic E-state index is 13.2. The van der Waals surface area contributed by atoms with E-state index in [0.29, 0.717) is 17.0 Å². The van der Waals surface area contributed by atoms with Gasteiger partial charge in [-0.3, -0.25) is 4.98 Å². The van der Waals surface area contributed by atoms with Crippen LogP contribution in [0.4, 0.5) is 43.9 Å². The lowest BCUT2D eigenvalue weighted by Crippen LogP contribution is -2.19.